The van der Waals surface area contributed by atoms with Gasteiger partial charge in [-0.1, -0.05) is 12.1 Å². The minimum atomic E-state index is -3.73. The molecule has 1 aromatic carbocycles. The van der Waals surface area contributed by atoms with Crippen molar-refractivity contribution < 1.29 is 17.9 Å². The molecule has 0 spiro atoms. The van der Waals surface area contributed by atoms with E-state index >= 15 is 0 Å². The lowest BCUT2D eigenvalue weighted by atomic mass is 10.2. The Bertz CT molecular complexity index is 887. The average molecular weight is 364 g/mol. The maximum atomic E-state index is 12.4. The first-order valence-corrected chi connectivity index (χ1v) is 9.32. The van der Waals surface area contributed by atoms with Crippen LogP contribution in [0.4, 0.5) is 10.5 Å². The van der Waals surface area contributed by atoms with Gasteiger partial charge < -0.3 is 4.74 Å². The molecule has 1 aliphatic rings. The van der Waals surface area contributed by atoms with Gasteiger partial charge in [-0.15, -0.1) is 0 Å². The maximum absolute atomic E-state index is 12.4. The minimum absolute atomic E-state index is 0.000445. The molecular weight excluding hydrogens is 344 g/mol. The van der Waals surface area contributed by atoms with Crippen molar-refractivity contribution >= 4 is 21.8 Å². The molecule has 1 aromatic heterocycles. The number of hydrogen-bond donors (Lipinski definition) is 2. The summed E-state index contributed by atoms with van der Waals surface area (Å²) in [5.41, 5.74) is 2.63. The summed E-state index contributed by atoms with van der Waals surface area (Å²) < 4.78 is 32.7. The Morgan fingerprint density at radius 3 is 2.76 bits per heavy atom. The molecule has 2 heterocycles. The van der Waals surface area contributed by atoms with Crippen molar-refractivity contribution in [2.24, 2.45) is 0 Å². The number of cyclic esters (lactones) is 1. The smallest absolute Gasteiger partial charge is 0.414 e. The number of amides is 1. The monoisotopic (exact) mass is 364 g/mol. The molecule has 2 N–H and O–H groups in total. The van der Waals surface area contributed by atoms with Gasteiger partial charge in [-0.25, -0.2) is 17.9 Å². The van der Waals surface area contributed by atoms with Crippen LogP contribution in [0, 0.1) is 20.8 Å². The van der Waals surface area contributed by atoms with Crippen molar-refractivity contribution in [3.8, 4) is 0 Å². The van der Waals surface area contributed by atoms with Crippen LogP contribution in [0.5, 0.6) is 0 Å². The quantitative estimate of drug-likeness (QED) is 0.839. The van der Waals surface area contributed by atoms with Crippen LogP contribution in [-0.4, -0.2) is 43.9 Å². The second kappa shape index (κ2) is 6.49. The van der Waals surface area contributed by atoms with Gasteiger partial charge in [-0.05, 0) is 38.5 Å². The molecule has 1 aliphatic heterocycles. The molecule has 9 heteroatoms. The molecule has 1 fully saturated rings. The van der Waals surface area contributed by atoms with E-state index in [1.54, 1.807) is 13.8 Å². The number of anilines is 1. The summed E-state index contributed by atoms with van der Waals surface area (Å²) in [5.74, 6) is 0. The lowest BCUT2D eigenvalue weighted by Gasteiger charge is -2.13. The molecule has 1 atom stereocenters. The van der Waals surface area contributed by atoms with Gasteiger partial charge in [0.25, 0.3) is 0 Å². The fraction of sp³-hybridized carbons (Fsp3) is 0.375. The second-order valence-corrected chi connectivity index (χ2v) is 7.77. The highest BCUT2D eigenvalue weighted by molar-refractivity contribution is 7.89. The lowest BCUT2D eigenvalue weighted by molar-refractivity contribution is 0.143. The van der Waals surface area contributed by atoms with Gasteiger partial charge in [0.2, 0.25) is 10.0 Å². The number of H-pyrrole nitrogens is 1. The molecule has 0 bridgehead atoms. The minimum Gasteiger partial charge on any atom is -0.443 e. The van der Waals surface area contributed by atoms with E-state index in [1.807, 2.05) is 31.2 Å². The average Bonchev–Trinajstić information content (AvgIpc) is 3.08. The number of aryl methyl sites for hydroxylation is 3. The zero-order valence-corrected chi connectivity index (χ0v) is 15.1. The first-order chi connectivity index (χ1) is 11.8. The van der Waals surface area contributed by atoms with Gasteiger partial charge >= 0.3 is 6.09 Å². The standard InChI is InChI=1S/C16H20N4O4S/c1-10-5-4-6-13(7-10)20-9-14(24-16(20)21)8-17-25(22,23)15-11(2)18-19-12(15)3/h4-7,14,17H,8-9H2,1-3H3,(H,18,19). The van der Waals surface area contributed by atoms with Crippen molar-refractivity contribution in [1.29, 1.82) is 0 Å². The van der Waals surface area contributed by atoms with Crippen molar-refractivity contribution in [3.05, 3.63) is 41.2 Å². The molecular formula is C16H20N4O4S. The van der Waals surface area contributed by atoms with Gasteiger partial charge in [-0.2, -0.15) is 5.10 Å². The molecule has 0 aliphatic carbocycles. The Morgan fingerprint density at radius 2 is 2.12 bits per heavy atom. The zero-order valence-electron chi connectivity index (χ0n) is 14.2. The van der Waals surface area contributed by atoms with Gasteiger partial charge in [-0.3, -0.25) is 10.00 Å². The molecule has 2 aromatic rings. The van der Waals surface area contributed by atoms with Crippen LogP contribution in [0.15, 0.2) is 29.2 Å². The van der Waals surface area contributed by atoms with Gasteiger partial charge in [0.15, 0.2) is 0 Å². The number of aromatic amines is 1. The van der Waals surface area contributed by atoms with E-state index in [4.69, 9.17) is 4.74 Å². The number of sulfonamides is 1. The van der Waals surface area contributed by atoms with Crippen LogP contribution in [0.25, 0.3) is 0 Å². The van der Waals surface area contributed by atoms with E-state index in [9.17, 15) is 13.2 Å². The van der Waals surface area contributed by atoms with Crippen LogP contribution in [0.3, 0.4) is 0 Å². The van der Waals surface area contributed by atoms with Gasteiger partial charge in [0.05, 0.1) is 17.9 Å². The molecule has 1 unspecified atom stereocenters. The SMILES string of the molecule is Cc1cccc(N2CC(CNS(=O)(=O)c3c(C)n[nH]c3C)OC2=O)c1. The predicted octanol–water partition coefficient (Wildman–Crippen LogP) is 1.64. The summed E-state index contributed by atoms with van der Waals surface area (Å²) in [4.78, 5) is 13.7. The van der Waals surface area contributed by atoms with E-state index in [0.717, 1.165) is 11.3 Å². The fourth-order valence-corrected chi connectivity index (χ4v) is 4.28. The first kappa shape index (κ1) is 17.4. The number of carbonyl (C=O) groups excluding carboxylic acids is 1. The van der Waals surface area contributed by atoms with Crippen LogP contribution in [-0.2, 0) is 14.8 Å². The Balaban J connectivity index is 1.68. The van der Waals surface area contributed by atoms with Crippen LogP contribution in [0.2, 0.25) is 0 Å². The summed E-state index contributed by atoms with van der Waals surface area (Å²) in [6, 6.07) is 7.50. The second-order valence-electron chi connectivity index (χ2n) is 6.07. The molecule has 0 saturated carbocycles. The Hall–Kier alpha value is -2.39. The van der Waals surface area contributed by atoms with E-state index in [-0.39, 0.29) is 18.0 Å². The largest absolute Gasteiger partial charge is 0.443 e. The van der Waals surface area contributed by atoms with Crippen LogP contribution in [0.1, 0.15) is 17.0 Å². The summed E-state index contributed by atoms with van der Waals surface area (Å²) in [7, 11) is -3.73. The number of nitrogens with zero attached hydrogens (tertiary/aromatic N) is 2. The molecule has 8 nitrogen and oxygen atoms in total. The fourth-order valence-electron chi connectivity index (χ4n) is 2.85. The highest BCUT2D eigenvalue weighted by Gasteiger charge is 2.33. The molecule has 25 heavy (non-hydrogen) atoms. The first-order valence-electron chi connectivity index (χ1n) is 7.84. The predicted molar refractivity (Wildman–Crippen MR) is 92.0 cm³/mol. The number of aromatic nitrogens is 2. The summed E-state index contributed by atoms with van der Waals surface area (Å²) >= 11 is 0. The Labute approximate surface area is 146 Å². The molecule has 0 radical (unpaired) electrons. The van der Waals surface area contributed by atoms with E-state index in [0.29, 0.717) is 11.4 Å². The number of nitrogens with one attached hydrogen (secondary N) is 2. The zero-order chi connectivity index (χ0) is 18.2. The van der Waals surface area contributed by atoms with Gasteiger partial charge in [0, 0.05) is 12.2 Å². The molecule has 134 valence electrons. The van der Waals surface area contributed by atoms with Crippen LogP contribution >= 0.6 is 0 Å². The van der Waals surface area contributed by atoms with Crippen LogP contribution < -0.4 is 9.62 Å². The van der Waals surface area contributed by atoms with Crippen molar-refractivity contribution in [2.75, 3.05) is 18.0 Å². The normalized spacial score (nSPS) is 17.8. The van der Waals surface area contributed by atoms with E-state index < -0.39 is 22.2 Å². The summed E-state index contributed by atoms with van der Waals surface area (Å²) in [6.07, 6.45) is -1.04. The van der Waals surface area contributed by atoms with Crippen molar-refractivity contribution in [2.45, 2.75) is 31.8 Å². The third-order valence-corrected chi connectivity index (χ3v) is 5.70. The lowest BCUT2D eigenvalue weighted by Crippen LogP contribution is -2.35. The number of ether oxygens (including phenoxy) is 1. The molecule has 1 saturated heterocycles. The highest BCUT2D eigenvalue weighted by atomic mass is 32.2. The van der Waals surface area contributed by atoms with Crippen molar-refractivity contribution in [1.82, 2.24) is 14.9 Å². The third kappa shape index (κ3) is 3.52. The number of hydrogen-bond acceptors (Lipinski definition) is 5. The third-order valence-electron chi connectivity index (χ3n) is 4.02. The molecule has 3 rings (SSSR count). The van der Waals surface area contributed by atoms with Gasteiger partial charge in [0.1, 0.15) is 11.0 Å². The summed E-state index contributed by atoms with van der Waals surface area (Å²) in [5, 5.41) is 6.55. The molecule has 1 amide bonds. The number of rotatable bonds is 5. The van der Waals surface area contributed by atoms with E-state index in [1.165, 1.54) is 4.90 Å². The summed E-state index contributed by atoms with van der Waals surface area (Å²) in [6.45, 7) is 5.48. The highest BCUT2D eigenvalue weighted by Crippen LogP contribution is 2.23. The Kier molecular flexibility index (Phi) is 4.53. The number of carbonyl (C=O) groups is 1. The Morgan fingerprint density at radius 1 is 1.36 bits per heavy atom. The van der Waals surface area contributed by atoms with Crippen molar-refractivity contribution in [3.63, 3.8) is 0 Å². The maximum Gasteiger partial charge on any atom is 0.414 e. The topological polar surface area (TPSA) is 104 Å². The van der Waals surface area contributed by atoms with E-state index in [2.05, 4.69) is 14.9 Å². The number of benzene rings is 1.